The van der Waals surface area contributed by atoms with Crippen LogP contribution in [0.3, 0.4) is 0 Å². The molecule has 0 unspecified atom stereocenters. The highest BCUT2D eigenvalue weighted by Crippen LogP contribution is 2.28. The summed E-state index contributed by atoms with van der Waals surface area (Å²) in [5, 5.41) is 3.27. The van der Waals surface area contributed by atoms with Crippen molar-refractivity contribution in [3.63, 3.8) is 0 Å². The first-order valence-electron chi connectivity index (χ1n) is 5.94. The lowest BCUT2D eigenvalue weighted by molar-refractivity contribution is -0.0123. The van der Waals surface area contributed by atoms with Crippen LogP contribution in [0.2, 0.25) is 0 Å². The molecule has 1 saturated heterocycles. The standard InChI is InChI=1S/C12H15N3OS2/c1-9-7-17-12(14-9)11-6-16-3-2-15(11)5-10-4-13-8-18-10/h4,7-8,11H,2-3,5-6H2,1H3/t11-/m1/s1. The lowest BCUT2D eigenvalue weighted by Gasteiger charge is -2.33. The van der Waals surface area contributed by atoms with Gasteiger partial charge in [0.2, 0.25) is 0 Å². The first kappa shape index (κ1) is 12.2. The van der Waals surface area contributed by atoms with Crippen molar-refractivity contribution in [1.29, 1.82) is 0 Å². The van der Waals surface area contributed by atoms with Crippen LogP contribution in [0.25, 0.3) is 0 Å². The molecular weight excluding hydrogens is 266 g/mol. The molecule has 3 heterocycles. The maximum absolute atomic E-state index is 5.61. The van der Waals surface area contributed by atoms with E-state index in [2.05, 4.69) is 20.2 Å². The van der Waals surface area contributed by atoms with Gasteiger partial charge in [-0.05, 0) is 6.92 Å². The summed E-state index contributed by atoms with van der Waals surface area (Å²) in [5.74, 6) is 0. The van der Waals surface area contributed by atoms with E-state index in [0.29, 0.717) is 6.04 Å². The highest BCUT2D eigenvalue weighted by molar-refractivity contribution is 7.10. The van der Waals surface area contributed by atoms with Gasteiger partial charge in [-0.25, -0.2) is 4.98 Å². The van der Waals surface area contributed by atoms with Crippen LogP contribution >= 0.6 is 22.7 Å². The molecule has 0 amide bonds. The molecule has 0 bridgehead atoms. The van der Waals surface area contributed by atoms with Crippen molar-refractivity contribution in [2.45, 2.75) is 19.5 Å². The van der Waals surface area contributed by atoms with E-state index >= 15 is 0 Å². The van der Waals surface area contributed by atoms with Gasteiger partial charge in [0.25, 0.3) is 0 Å². The molecule has 4 nitrogen and oxygen atoms in total. The lowest BCUT2D eigenvalue weighted by atomic mass is 10.2. The van der Waals surface area contributed by atoms with Gasteiger partial charge in [0.1, 0.15) is 5.01 Å². The summed E-state index contributed by atoms with van der Waals surface area (Å²) in [6.45, 7) is 5.49. The Morgan fingerprint density at radius 3 is 3.17 bits per heavy atom. The SMILES string of the molecule is Cc1csc([C@H]2COCCN2Cc2cncs2)n1. The highest BCUT2D eigenvalue weighted by Gasteiger charge is 2.27. The molecule has 1 aliphatic rings. The first-order chi connectivity index (χ1) is 8.83. The van der Waals surface area contributed by atoms with Crippen LogP contribution in [0.5, 0.6) is 0 Å². The average molecular weight is 281 g/mol. The number of hydrogen-bond acceptors (Lipinski definition) is 6. The lowest BCUT2D eigenvalue weighted by Crippen LogP contribution is -2.38. The van der Waals surface area contributed by atoms with Crippen LogP contribution in [0.15, 0.2) is 17.1 Å². The third kappa shape index (κ3) is 2.61. The number of morpholine rings is 1. The Bertz CT molecular complexity index is 497. The Morgan fingerprint density at radius 1 is 1.50 bits per heavy atom. The fourth-order valence-corrected chi connectivity index (χ4v) is 3.63. The number of thiazole rings is 2. The zero-order valence-electron chi connectivity index (χ0n) is 10.2. The minimum Gasteiger partial charge on any atom is -0.378 e. The molecule has 0 N–H and O–H groups in total. The summed E-state index contributed by atoms with van der Waals surface area (Å²) >= 11 is 3.44. The predicted molar refractivity (Wildman–Crippen MR) is 72.9 cm³/mol. The largest absolute Gasteiger partial charge is 0.378 e. The molecule has 0 radical (unpaired) electrons. The quantitative estimate of drug-likeness (QED) is 0.866. The first-order valence-corrected chi connectivity index (χ1v) is 7.70. The summed E-state index contributed by atoms with van der Waals surface area (Å²) < 4.78 is 5.61. The highest BCUT2D eigenvalue weighted by atomic mass is 32.1. The van der Waals surface area contributed by atoms with Crippen molar-refractivity contribution >= 4 is 22.7 Å². The predicted octanol–water partition coefficient (Wildman–Crippen LogP) is 2.48. The van der Waals surface area contributed by atoms with Crippen LogP contribution in [0.1, 0.15) is 21.6 Å². The van der Waals surface area contributed by atoms with E-state index in [1.807, 2.05) is 18.6 Å². The fourth-order valence-electron chi connectivity index (χ4n) is 2.10. The third-order valence-corrected chi connectivity index (χ3v) is 4.83. The van der Waals surface area contributed by atoms with Crippen LogP contribution in [0.4, 0.5) is 0 Å². The molecule has 1 aliphatic heterocycles. The number of rotatable bonds is 3. The maximum Gasteiger partial charge on any atom is 0.112 e. The topological polar surface area (TPSA) is 38.2 Å². The molecule has 1 fully saturated rings. The Balaban J connectivity index is 1.77. The minimum atomic E-state index is 0.291. The van der Waals surface area contributed by atoms with E-state index in [1.54, 1.807) is 22.7 Å². The van der Waals surface area contributed by atoms with Crippen molar-refractivity contribution in [2.75, 3.05) is 19.8 Å². The number of nitrogens with zero attached hydrogens (tertiary/aromatic N) is 3. The number of aryl methyl sites for hydroxylation is 1. The molecule has 6 heteroatoms. The Kier molecular flexibility index (Phi) is 3.69. The van der Waals surface area contributed by atoms with Crippen LogP contribution in [-0.2, 0) is 11.3 Å². The second kappa shape index (κ2) is 5.44. The molecular formula is C12H15N3OS2. The molecule has 3 rings (SSSR count). The molecule has 2 aromatic rings. The number of ether oxygens (including phenoxy) is 1. The van der Waals surface area contributed by atoms with E-state index in [4.69, 9.17) is 4.74 Å². The molecule has 1 atom stereocenters. The van der Waals surface area contributed by atoms with Crippen LogP contribution in [0, 0.1) is 6.92 Å². The van der Waals surface area contributed by atoms with E-state index in [9.17, 15) is 0 Å². The van der Waals surface area contributed by atoms with Crippen LogP contribution in [-0.4, -0.2) is 34.6 Å². The van der Waals surface area contributed by atoms with Crippen molar-refractivity contribution in [1.82, 2.24) is 14.9 Å². The molecule has 96 valence electrons. The summed E-state index contributed by atoms with van der Waals surface area (Å²) in [5.41, 5.74) is 2.98. The Labute approximate surface area is 114 Å². The van der Waals surface area contributed by atoms with Gasteiger partial charge in [-0.15, -0.1) is 22.7 Å². The van der Waals surface area contributed by atoms with Crippen molar-refractivity contribution in [3.05, 3.63) is 32.7 Å². The minimum absolute atomic E-state index is 0.291. The summed E-state index contributed by atoms with van der Waals surface area (Å²) in [6.07, 6.45) is 1.95. The molecule has 18 heavy (non-hydrogen) atoms. The Hall–Kier alpha value is -0.820. The molecule has 0 saturated carbocycles. The zero-order chi connectivity index (χ0) is 12.4. The summed E-state index contributed by atoms with van der Waals surface area (Å²) in [6, 6.07) is 0.291. The maximum atomic E-state index is 5.61. The van der Waals surface area contributed by atoms with E-state index < -0.39 is 0 Å². The van der Waals surface area contributed by atoms with Crippen molar-refractivity contribution in [2.24, 2.45) is 0 Å². The summed E-state index contributed by atoms with van der Waals surface area (Å²) in [4.78, 5) is 12.5. The van der Waals surface area contributed by atoms with Crippen molar-refractivity contribution in [3.8, 4) is 0 Å². The van der Waals surface area contributed by atoms with Gasteiger partial charge < -0.3 is 4.74 Å². The molecule has 2 aromatic heterocycles. The van der Waals surface area contributed by atoms with E-state index in [1.165, 1.54) is 4.88 Å². The average Bonchev–Trinajstić information content (AvgIpc) is 3.02. The molecule has 0 aromatic carbocycles. The third-order valence-electron chi connectivity index (χ3n) is 3.00. The monoisotopic (exact) mass is 281 g/mol. The van der Waals surface area contributed by atoms with Crippen LogP contribution < -0.4 is 0 Å². The van der Waals surface area contributed by atoms with Crippen molar-refractivity contribution < 1.29 is 4.74 Å². The van der Waals surface area contributed by atoms with Gasteiger partial charge in [-0.1, -0.05) is 0 Å². The summed E-state index contributed by atoms with van der Waals surface area (Å²) in [7, 11) is 0. The van der Waals surface area contributed by atoms with E-state index in [0.717, 1.165) is 37.0 Å². The van der Waals surface area contributed by atoms with Gasteiger partial charge >= 0.3 is 0 Å². The number of hydrogen-bond donors (Lipinski definition) is 0. The van der Waals surface area contributed by atoms with Gasteiger partial charge in [0.15, 0.2) is 0 Å². The zero-order valence-corrected chi connectivity index (χ0v) is 11.8. The number of aromatic nitrogens is 2. The smallest absolute Gasteiger partial charge is 0.112 e. The second-order valence-corrected chi connectivity index (χ2v) is 6.22. The fraction of sp³-hybridized carbons (Fsp3) is 0.500. The second-order valence-electron chi connectivity index (χ2n) is 4.36. The molecule has 0 spiro atoms. The van der Waals surface area contributed by atoms with Gasteiger partial charge in [0, 0.05) is 35.2 Å². The van der Waals surface area contributed by atoms with Gasteiger partial charge in [-0.3, -0.25) is 9.88 Å². The van der Waals surface area contributed by atoms with Gasteiger partial charge in [-0.2, -0.15) is 0 Å². The van der Waals surface area contributed by atoms with E-state index in [-0.39, 0.29) is 0 Å². The van der Waals surface area contributed by atoms with Gasteiger partial charge in [0.05, 0.1) is 24.8 Å². The Morgan fingerprint density at radius 2 is 2.44 bits per heavy atom. The normalized spacial score (nSPS) is 21.3. The molecule has 0 aliphatic carbocycles.